The highest BCUT2D eigenvalue weighted by Gasteiger charge is 2.27. The first-order valence-electron chi connectivity index (χ1n) is 9.93. The molecule has 1 saturated heterocycles. The highest BCUT2D eigenvalue weighted by atomic mass is 16.5. The molecule has 7 heteroatoms. The molecule has 3 aromatic rings. The summed E-state index contributed by atoms with van der Waals surface area (Å²) >= 11 is 0. The SMILES string of the molecule is O=C(c1cnc2c(c1)ncn2C1CCCC1)N1CCOC(c2cccnc2)C1. The van der Waals surface area contributed by atoms with Gasteiger partial charge >= 0.3 is 0 Å². The Hall–Kier alpha value is -2.80. The Kier molecular flexibility index (Phi) is 4.52. The Bertz CT molecular complexity index is 981. The van der Waals surface area contributed by atoms with Gasteiger partial charge in [-0.3, -0.25) is 9.78 Å². The zero-order valence-electron chi connectivity index (χ0n) is 15.7. The molecule has 7 nitrogen and oxygen atoms in total. The molecule has 1 atom stereocenters. The molecule has 144 valence electrons. The summed E-state index contributed by atoms with van der Waals surface area (Å²) < 4.78 is 8.02. The number of ether oxygens (including phenoxy) is 1. The Morgan fingerprint density at radius 2 is 2.07 bits per heavy atom. The summed E-state index contributed by atoms with van der Waals surface area (Å²) in [7, 11) is 0. The van der Waals surface area contributed by atoms with E-state index in [4.69, 9.17) is 4.74 Å². The van der Waals surface area contributed by atoms with Gasteiger partial charge in [0.2, 0.25) is 0 Å². The van der Waals surface area contributed by atoms with Crippen molar-refractivity contribution in [1.82, 2.24) is 24.4 Å². The van der Waals surface area contributed by atoms with E-state index in [1.54, 1.807) is 18.6 Å². The van der Waals surface area contributed by atoms with Crippen LogP contribution in [0.4, 0.5) is 0 Å². The van der Waals surface area contributed by atoms with Crippen LogP contribution in [-0.4, -0.2) is 50.0 Å². The number of aromatic nitrogens is 4. The van der Waals surface area contributed by atoms with E-state index in [1.807, 2.05) is 29.4 Å². The smallest absolute Gasteiger partial charge is 0.255 e. The van der Waals surface area contributed by atoms with Crippen LogP contribution in [0.1, 0.15) is 53.8 Å². The summed E-state index contributed by atoms with van der Waals surface area (Å²) in [6.45, 7) is 1.60. The summed E-state index contributed by atoms with van der Waals surface area (Å²) in [6.07, 6.45) is 11.8. The van der Waals surface area contributed by atoms with Crippen LogP contribution >= 0.6 is 0 Å². The number of amides is 1. The number of carbonyl (C=O) groups is 1. The highest BCUT2D eigenvalue weighted by molar-refractivity contribution is 5.96. The lowest BCUT2D eigenvalue weighted by Crippen LogP contribution is -2.42. The second-order valence-corrected chi connectivity index (χ2v) is 7.55. The number of imidazole rings is 1. The van der Waals surface area contributed by atoms with E-state index in [1.165, 1.54) is 25.7 Å². The third kappa shape index (κ3) is 3.16. The van der Waals surface area contributed by atoms with Crippen molar-refractivity contribution in [1.29, 1.82) is 0 Å². The molecule has 1 saturated carbocycles. The van der Waals surface area contributed by atoms with E-state index >= 15 is 0 Å². The number of carbonyl (C=O) groups excluding carboxylic acids is 1. The normalized spacial score (nSPS) is 20.7. The first-order valence-corrected chi connectivity index (χ1v) is 9.93. The van der Waals surface area contributed by atoms with Gasteiger partial charge in [-0.15, -0.1) is 0 Å². The van der Waals surface area contributed by atoms with E-state index < -0.39 is 0 Å². The average Bonchev–Trinajstić information content (AvgIpc) is 3.43. The minimum Gasteiger partial charge on any atom is -0.370 e. The lowest BCUT2D eigenvalue weighted by Gasteiger charge is -2.33. The number of pyridine rings is 2. The van der Waals surface area contributed by atoms with Gasteiger partial charge in [-0.05, 0) is 25.0 Å². The molecule has 0 radical (unpaired) electrons. The topological polar surface area (TPSA) is 73.1 Å². The maximum Gasteiger partial charge on any atom is 0.255 e. The predicted octanol–water partition coefficient (Wildman–Crippen LogP) is 3.16. The van der Waals surface area contributed by atoms with Crippen LogP contribution in [0, 0.1) is 0 Å². The molecule has 5 rings (SSSR count). The monoisotopic (exact) mass is 377 g/mol. The van der Waals surface area contributed by atoms with Crippen molar-refractivity contribution < 1.29 is 9.53 Å². The molecule has 0 aromatic carbocycles. The highest BCUT2D eigenvalue weighted by Crippen LogP contribution is 2.31. The van der Waals surface area contributed by atoms with Gasteiger partial charge in [-0.25, -0.2) is 9.97 Å². The first-order chi connectivity index (χ1) is 13.8. The molecule has 0 spiro atoms. The van der Waals surface area contributed by atoms with Gasteiger partial charge in [-0.2, -0.15) is 0 Å². The lowest BCUT2D eigenvalue weighted by molar-refractivity contribution is -0.0229. The summed E-state index contributed by atoms with van der Waals surface area (Å²) in [6, 6.07) is 6.22. The lowest BCUT2D eigenvalue weighted by atomic mass is 10.1. The van der Waals surface area contributed by atoms with Crippen molar-refractivity contribution in [3.63, 3.8) is 0 Å². The molecular formula is C21H23N5O2. The molecule has 4 heterocycles. The molecule has 1 aliphatic carbocycles. The van der Waals surface area contributed by atoms with Gasteiger partial charge in [-0.1, -0.05) is 18.9 Å². The largest absolute Gasteiger partial charge is 0.370 e. The molecule has 3 aromatic heterocycles. The van der Waals surface area contributed by atoms with Crippen LogP contribution in [0.3, 0.4) is 0 Å². The molecule has 0 bridgehead atoms. The number of morpholine rings is 1. The fraction of sp³-hybridized carbons (Fsp3) is 0.429. The van der Waals surface area contributed by atoms with Crippen LogP contribution < -0.4 is 0 Å². The van der Waals surface area contributed by atoms with Gasteiger partial charge in [0.05, 0.1) is 25.0 Å². The molecule has 1 unspecified atom stereocenters. The van der Waals surface area contributed by atoms with Crippen molar-refractivity contribution >= 4 is 17.1 Å². The Morgan fingerprint density at radius 1 is 1.18 bits per heavy atom. The summed E-state index contributed by atoms with van der Waals surface area (Å²) in [5, 5.41) is 0. The standard InChI is InChI=1S/C21H23N5O2/c27-21(25-8-9-28-19(13-25)15-4-3-7-22-11-15)16-10-18-20(23-12-16)26(14-24-18)17-5-1-2-6-17/h3-4,7,10-12,14,17,19H,1-2,5-6,8-9,13H2. The summed E-state index contributed by atoms with van der Waals surface area (Å²) in [5.74, 6) is -0.0259. The quantitative estimate of drug-likeness (QED) is 0.701. The second-order valence-electron chi connectivity index (χ2n) is 7.55. The molecule has 28 heavy (non-hydrogen) atoms. The Balaban J connectivity index is 1.36. The van der Waals surface area contributed by atoms with Crippen molar-refractivity contribution in [3.05, 3.63) is 54.2 Å². The van der Waals surface area contributed by atoms with Gasteiger partial charge < -0.3 is 14.2 Å². The predicted molar refractivity (Wildman–Crippen MR) is 104 cm³/mol. The van der Waals surface area contributed by atoms with Crippen LogP contribution in [0.25, 0.3) is 11.2 Å². The van der Waals surface area contributed by atoms with Gasteiger partial charge in [0, 0.05) is 36.7 Å². The van der Waals surface area contributed by atoms with Crippen LogP contribution in [0.2, 0.25) is 0 Å². The Labute approximate surface area is 163 Å². The maximum absolute atomic E-state index is 13.1. The number of nitrogens with zero attached hydrogens (tertiary/aromatic N) is 5. The van der Waals surface area contributed by atoms with E-state index in [2.05, 4.69) is 19.5 Å². The zero-order chi connectivity index (χ0) is 18.9. The number of hydrogen-bond acceptors (Lipinski definition) is 5. The van der Waals surface area contributed by atoms with E-state index in [-0.39, 0.29) is 12.0 Å². The van der Waals surface area contributed by atoms with Crippen LogP contribution in [0.5, 0.6) is 0 Å². The van der Waals surface area contributed by atoms with Crippen molar-refractivity contribution in [2.45, 2.75) is 37.8 Å². The number of rotatable bonds is 3. The fourth-order valence-electron chi connectivity index (χ4n) is 4.27. The number of fused-ring (bicyclic) bond motifs is 1. The van der Waals surface area contributed by atoms with Gasteiger partial charge in [0.15, 0.2) is 5.65 Å². The van der Waals surface area contributed by atoms with E-state index in [9.17, 15) is 4.79 Å². The molecular weight excluding hydrogens is 354 g/mol. The molecule has 2 fully saturated rings. The summed E-state index contributed by atoms with van der Waals surface area (Å²) in [5.41, 5.74) is 3.23. The molecule has 1 aliphatic heterocycles. The van der Waals surface area contributed by atoms with Crippen molar-refractivity contribution in [2.75, 3.05) is 19.7 Å². The van der Waals surface area contributed by atoms with E-state index in [0.717, 1.165) is 16.7 Å². The minimum atomic E-state index is -0.148. The minimum absolute atomic E-state index is 0.0259. The van der Waals surface area contributed by atoms with Gasteiger partial charge in [0.1, 0.15) is 11.6 Å². The number of hydrogen-bond donors (Lipinski definition) is 0. The first kappa shape index (κ1) is 17.3. The van der Waals surface area contributed by atoms with Crippen molar-refractivity contribution in [2.24, 2.45) is 0 Å². The maximum atomic E-state index is 13.1. The summed E-state index contributed by atoms with van der Waals surface area (Å²) in [4.78, 5) is 28.1. The Morgan fingerprint density at radius 3 is 2.89 bits per heavy atom. The molecule has 1 amide bonds. The van der Waals surface area contributed by atoms with Gasteiger partial charge in [0.25, 0.3) is 5.91 Å². The fourth-order valence-corrected chi connectivity index (χ4v) is 4.27. The van der Waals surface area contributed by atoms with Crippen LogP contribution in [0.15, 0.2) is 43.1 Å². The third-order valence-corrected chi connectivity index (χ3v) is 5.79. The van der Waals surface area contributed by atoms with E-state index in [0.29, 0.717) is 31.3 Å². The zero-order valence-corrected chi connectivity index (χ0v) is 15.7. The van der Waals surface area contributed by atoms with Crippen LogP contribution in [-0.2, 0) is 4.74 Å². The third-order valence-electron chi connectivity index (χ3n) is 5.79. The van der Waals surface area contributed by atoms with Crippen molar-refractivity contribution in [3.8, 4) is 0 Å². The molecule has 2 aliphatic rings. The average molecular weight is 377 g/mol. The molecule has 0 N–H and O–H groups in total. The second kappa shape index (κ2) is 7.31.